The molecule has 0 saturated heterocycles. The summed E-state index contributed by atoms with van der Waals surface area (Å²) in [7, 11) is 3.92. The van der Waals surface area contributed by atoms with Gasteiger partial charge in [-0.15, -0.1) is 35.4 Å². The molecule has 4 aliphatic rings. The first-order valence-corrected chi connectivity index (χ1v) is 27.3. The van der Waals surface area contributed by atoms with Crippen LogP contribution in [0, 0.1) is 24.7 Å². The van der Waals surface area contributed by atoms with Gasteiger partial charge in [0.25, 0.3) is 0 Å². The Morgan fingerprint density at radius 1 is 0.426 bits per heavy atom. The standard InChI is InChI=1S/C25H46P2.2C15H10N.2Au/c1-5-13-22(14-6-1)26(23-15-7-2-8-16-23)21-27(24-17-9-3-10-18-24)25-19-11-4-12-20-25;2*1-3-11-8-9-13-12-6-4-5-7-14(12)16(2)15(13)10-11;;/h22-25H,1-21H2;2*4-10H,2H3;;/q;2*-1;2*+1/p+2. The number of nitrogens with zero attached hydrogens (tertiary/aromatic N) is 2. The number of fused-ring (bicyclic) bond motifs is 6. The summed E-state index contributed by atoms with van der Waals surface area (Å²) in [6, 6.07) is 28.7. The molecule has 2 nitrogen and oxygen atoms in total. The van der Waals surface area contributed by atoms with Crippen molar-refractivity contribution in [3.05, 3.63) is 109 Å². The number of aryl methyl sites for hydroxylation is 2. The molecule has 4 aliphatic carbocycles. The Morgan fingerprint density at radius 3 is 1.03 bits per heavy atom. The molecule has 0 aliphatic heterocycles. The minimum Gasteiger partial charge on any atom is -0.366 e. The first-order chi connectivity index (χ1) is 29.0. The predicted molar refractivity (Wildman–Crippen MR) is 262 cm³/mol. The van der Waals surface area contributed by atoms with Crippen LogP contribution in [-0.2, 0) is 58.9 Å². The maximum atomic E-state index is 7.16. The van der Waals surface area contributed by atoms with Gasteiger partial charge in [0.15, 0.2) is 5.90 Å². The fraction of sp³-hybridized carbons (Fsp3) is 0.491. The molecule has 0 N–H and O–H groups in total. The van der Waals surface area contributed by atoms with Crippen molar-refractivity contribution in [3.63, 3.8) is 0 Å². The van der Waals surface area contributed by atoms with Gasteiger partial charge in [0, 0.05) is 73.6 Å². The Balaban J connectivity index is 0.000000159. The summed E-state index contributed by atoms with van der Waals surface area (Å²) in [5.41, 5.74) is 11.3. The Kier molecular flexibility index (Phi) is 18.8. The second kappa shape index (κ2) is 23.7. The molecule has 0 atom stereocenters. The molecule has 4 fully saturated rings. The van der Waals surface area contributed by atoms with Crippen LogP contribution in [0.4, 0.5) is 0 Å². The summed E-state index contributed by atoms with van der Waals surface area (Å²) in [5, 5.41) is 4.99. The van der Waals surface area contributed by atoms with E-state index in [-0.39, 0.29) is 60.6 Å². The van der Waals surface area contributed by atoms with Crippen LogP contribution in [0.15, 0.2) is 84.9 Å². The Bertz CT molecular complexity index is 2190. The molecule has 4 aromatic carbocycles. The van der Waals surface area contributed by atoms with E-state index in [1.807, 2.05) is 42.3 Å². The van der Waals surface area contributed by atoms with Gasteiger partial charge < -0.3 is 22.0 Å². The Morgan fingerprint density at radius 2 is 0.721 bits per heavy atom. The zero-order valence-electron chi connectivity index (χ0n) is 36.7. The SMILES string of the molecule is C1CCC([PH+](C[PH+](C2CCCCC2)C2CCCCC2)C2CCCCC2)CC1.[Au+].[Au+].[C-]#Cc1ccc2c3ccccc3n(C)c2c1.[C-]#Cc1ccc2c3ccccc3n(C)c2c1. The molecule has 2 heterocycles. The van der Waals surface area contributed by atoms with E-state index < -0.39 is 0 Å². The second-order valence-electron chi connectivity index (χ2n) is 18.5. The van der Waals surface area contributed by atoms with Crippen molar-refractivity contribution < 1.29 is 44.8 Å². The summed E-state index contributed by atoms with van der Waals surface area (Å²) in [5.74, 6) is 6.72. The van der Waals surface area contributed by atoms with E-state index in [0.717, 1.165) is 22.2 Å². The van der Waals surface area contributed by atoms with Crippen LogP contribution >= 0.6 is 15.8 Å². The van der Waals surface area contributed by atoms with Gasteiger partial charge in [0.1, 0.15) is 0 Å². The number of para-hydroxylation sites is 2. The summed E-state index contributed by atoms with van der Waals surface area (Å²) in [6.45, 7) is 0. The van der Waals surface area contributed by atoms with Crippen LogP contribution in [-0.4, -0.2) is 37.7 Å². The first kappa shape index (κ1) is 48.4. The van der Waals surface area contributed by atoms with Crippen LogP contribution in [0.5, 0.6) is 0 Å². The topological polar surface area (TPSA) is 9.86 Å². The smallest absolute Gasteiger partial charge is 0.366 e. The van der Waals surface area contributed by atoms with E-state index in [9.17, 15) is 0 Å². The molecular weight excluding hydrogens is 1140 g/mol. The third-order valence-corrected chi connectivity index (χ3v) is 24.8. The molecule has 0 radical (unpaired) electrons. The largest absolute Gasteiger partial charge is 1.00 e. The first-order valence-electron chi connectivity index (χ1n) is 23.5. The van der Waals surface area contributed by atoms with E-state index in [2.05, 4.69) is 83.6 Å². The fourth-order valence-corrected chi connectivity index (χ4v) is 24.3. The molecule has 4 saturated carbocycles. The molecule has 10 rings (SSSR count). The average Bonchev–Trinajstić information content (AvgIpc) is 3.77. The molecule has 2 aromatic heterocycles. The van der Waals surface area contributed by atoms with Crippen molar-refractivity contribution in [3.8, 4) is 11.8 Å². The molecule has 0 unspecified atom stereocenters. The molecule has 61 heavy (non-hydrogen) atoms. The zero-order valence-corrected chi connectivity index (χ0v) is 43.1. The Labute approximate surface area is 402 Å². The Hall–Kier alpha value is -2.06. The number of hydrogen-bond donors (Lipinski definition) is 0. The van der Waals surface area contributed by atoms with Gasteiger partial charge >= 0.3 is 44.8 Å². The van der Waals surface area contributed by atoms with Gasteiger partial charge in [-0.1, -0.05) is 74.2 Å². The second-order valence-corrected chi connectivity index (χ2v) is 25.5. The summed E-state index contributed by atoms with van der Waals surface area (Å²) in [4.78, 5) is 0. The number of hydrogen-bond acceptors (Lipinski definition) is 0. The fourth-order valence-electron chi connectivity index (χ4n) is 11.8. The van der Waals surface area contributed by atoms with E-state index in [4.69, 9.17) is 12.8 Å². The molecule has 6 heteroatoms. The van der Waals surface area contributed by atoms with Crippen molar-refractivity contribution in [2.24, 2.45) is 14.1 Å². The van der Waals surface area contributed by atoms with E-state index >= 15 is 0 Å². The summed E-state index contributed by atoms with van der Waals surface area (Å²) < 4.78 is 4.32. The van der Waals surface area contributed by atoms with Gasteiger partial charge in [-0.2, -0.15) is 0 Å². The van der Waals surface area contributed by atoms with Gasteiger partial charge in [-0.3, -0.25) is 11.8 Å². The van der Waals surface area contributed by atoms with E-state index in [0.29, 0.717) is 0 Å². The molecule has 6 aromatic rings. The minimum atomic E-state index is -0.0959. The molecular formula is C55H68Au2N2P2+2. The van der Waals surface area contributed by atoms with Gasteiger partial charge in [-0.05, 0) is 115 Å². The van der Waals surface area contributed by atoms with Crippen LogP contribution in [0.1, 0.15) is 140 Å². The molecule has 0 spiro atoms. The number of benzene rings is 4. The minimum absolute atomic E-state index is 0. The maximum Gasteiger partial charge on any atom is 1.00 e. The van der Waals surface area contributed by atoms with Crippen molar-refractivity contribution in [1.82, 2.24) is 9.13 Å². The average molecular weight is 1210 g/mol. The number of rotatable bonds is 6. The third kappa shape index (κ3) is 11.4. The third-order valence-electron chi connectivity index (χ3n) is 15.0. The van der Waals surface area contributed by atoms with Crippen molar-refractivity contribution in [2.45, 2.75) is 151 Å². The molecule has 0 bridgehead atoms. The van der Waals surface area contributed by atoms with Crippen LogP contribution in [0.25, 0.3) is 43.6 Å². The van der Waals surface area contributed by atoms with Gasteiger partial charge in [0.2, 0.25) is 0 Å². The predicted octanol–water partition coefficient (Wildman–Crippen LogP) is 15.2. The quantitative estimate of drug-likeness (QED) is 0.0681. The summed E-state index contributed by atoms with van der Waals surface area (Å²) >= 11 is 0. The maximum absolute atomic E-state index is 7.16. The van der Waals surface area contributed by atoms with Crippen LogP contribution in [0.3, 0.4) is 0 Å². The summed E-state index contributed by atoms with van der Waals surface area (Å²) in [6.07, 6.45) is 46.4. The van der Waals surface area contributed by atoms with Crippen molar-refractivity contribution in [2.75, 3.05) is 5.90 Å². The zero-order chi connectivity index (χ0) is 40.6. The monoisotopic (exact) mass is 1210 g/mol. The van der Waals surface area contributed by atoms with Crippen LogP contribution in [0.2, 0.25) is 0 Å². The molecule has 0 amide bonds. The van der Waals surface area contributed by atoms with E-state index in [1.165, 1.54) is 55.2 Å². The van der Waals surface area contributed by atoms with Crippen LogP contribution < -0.4 is 0 Å². The molecule has 328 valence electrons. The van der Waals surface area contributed by atoms with E-state index in [1.54, 1.807) is 128 Å². The van der Waals surface area contributed by atoms with Crippen molar-refractivity contribution >= 4 is 59.5 Å². The number of aromatic nitrogens is 2. The van der Waals surface area contributed by atoms with Crippen molar-refractivity contribution in [1.29, 1.82) is 0 Å². The van der Waals surface area contributed by atoms with Gasteiger partial charge in [0.05, 0.1) is 22.6 Å². The van der Waals surface area contributed by atoms with Gasteiger partial charge in [-0.25, -0.2) is 0 Å². The normalized spacial score (nSPS) is 18.1.